The minimum atomic E-state index is -0.453. The molecule has 0 saturated carbocycles. The molecule has 29 heavy (non-hydrogen) atoms. The van der Waals surface area contributed by atoms with E-state index in [1.54, 1.807) is 6.92 Å². The van der Waals surface area contributed by atoms with Crippen molar-refractivity contribution in [3.63, 3.8) is 0 Å². The summed E-state index contributed by atoms with van der Waals surface area (Å²) in [4.78, 5) is 42.5. The molecule has 0 fully saturated rings. The van der Waals surface area contributed by atoms with Gasteiger partial charge in [-0.2, -0.15) is 0 Å². The summed E-state index contributed by atoms with van der Waals surface area (Å²) >= 11 is 1.13. The molecule has 0 bridgehead atoms. The lowest BCUT2D eigenvalue weighted by Crippen LogP contribution is -2.32. The number of aromatic nitrogens is 2. The summed E-state index contributed by atoms with van der Waals surface area (Å²) in [6, 6.07) is 9.52. The number of nitrogens with one attached hydrogen (secondary N) is 1. The minimum Gasteiger partial charge on any atom is -0.461 e. The van der Waals surface area contributed by atoms with Crippen LogP contribution < -0.4 is 10.9 Å². The van der Waals surface area contributed by atoms with Gasteiger partial charge in [0, 0.05) is 6.54 Å². The SMILES string of the molecule is Cc1c(C(=O)OCC(C)C)sc2ncn(CC(=O)NCc3ccccc3)c(=O)c12. The lowest BCUT2D eigenvalue weighted by Gasteiger charge is -2.07. The van der Waals surface area contributed by atoms with E-state index in [-0.39, 0.29) is 23.9 Å². The molecule has 0 aliphatic carbocycles. The number of amides is 1. The van der Waals surface area contributed by atoms with Gasteiger partial charge in [-0.1, -0.05) is 44.2 Å². The average Bonchev–Trinajstić information content (AvgIpc) is 3.05. The Morgan fingerprint density at radius 2 is 1.97 bits per heavy atom. The van der Waals surface area contributed by atoms with Crippen molar-refractivity contribution in [3.8, 4) is 0 Å². The Bertz CT molecular complexity index is 1090. The number of nitrogens with zero attached hydrogens (tertiary/aromatic N) is 2. The van der Waals surface area contributed by atoms with Crippen LogP contribution in [0.15, 0.2) is 41.5 Å². The normalized spacial score (nSPS) is 11.0. The predicted octanol–water partition coefficient (Wildman–Crippen LogP) is 2.90. The van der Waals surface area contributed by atoms with Crippen molar-refractivity contribution >= 4 is 33.4 Å². The Morgan fingerprint density at radius 3 is 2.66 bits per heavy atom. The lowest BCUT2D eigenvalue weighted by atomic mass is 10.2. The molecule has 7 nitrogen and oxygen atoms in total. The molecule has 0 unspecified atom stereocenters. The van der Waals surface area contributed by atoms with E-state index in [0.717, 1.165) is 16.9 Å². The molecule has 1 amide bonds. The smallest absolute Gasteiger partial charge is 0.348 e. The molecule has 0 aliphatic rings. The van der Waals surface area contributed by atoms with Crippen LogP contribution in [0.3, 0.4) is 0 Å². The second-order valence-electron chi connectivity index (χ2n) is 7.17. The number of fused-ring (bicyclic) bond motifs is 1. The Balaban J connectivity index is 1.77. The topological polar surface area (TPSA) is 90.3 Å². The molecule has 152 valence electrons. The van der Waals surface area contributed by atoms with Gasteiger partial charge in [-0.15, -0.1) is 11.3 Å². The van der Waals surface area contributed by atoms with Crippen molar-refractivity contribution < 1.29 is 14.3 Å². The monoisotopic (exact) mass is 413 g/mol. The van der Waals surface area contributed by atoms with Crippen molar-refractivity contribution in [2.45, 2.75) is 33.9 Å². The minimum absolute atomic E-state index is 0.142. The molecular formula is C21H23N3O4S. The summed E-state index contributed by atoms with van der Waals surface area (Å²) in [5, 5.41) is 3.14. The van der Waals surface area contributed by atoms with Gasteiger partial charge in [-0.05, 0) is 24.0 Å². The molecule has 2 heterocycles. The first-order valence-electron chi connectivity index (χ1n) is 9.33. The summed E-state index contributed by atoms with van der Waals surface area (Å²) < 4.78 is 6.53. The largest absolute Gasteiger partial charge is 0.461 e. The fraction of sp³-hybridized carbons (Fsp3) is 0.333. The number of hydrogen-bond donors (Lipinski definition) is 1. The van der Waals surface area contributed by atoms with Crippen molar-refractivity contribution in [1.29, 1.82) is 0 Å². The van der Waals surface area contributed by atoms with Crippen LogP contribution in [0, 0.1) is 12.8 Å². The van der Waals surface area contributed by atoms with Crippen LogP contribution in [0.2, 0.25) is 0 Å². The maximum Gasteiger partial charge on any atom is 0.348 e. The highest BCUT2D eigenvalue weighted by atomic mass is 32.1. The molecular weight excluding hydrogens is 390 g/mol. The maximum atomic E-state index is 12.9. The molecule has 0 atom stereocenters. The Kier molecular flexibility index (Phi) is 6.43. The first-order valence-corrected chi connectivity index (χ1v) is 10.1. The van der Waals surface area contributed by atoms with Gasteiger partial charge >= 0.3 is 5.97 Å². The van der Waals surface area contributed by atoms with E-state index in [1.807, 2.05) is 44.2 Å². The number of benzene rings is 1. The number of ether oxygens (including phenoxy) is 1. The summed E-state index contributed by atoms with van der Waals surface area (Å²) in [6.45, 7) is 6.16. The van der Waals surface area contributed by atoms with Crippen molar-refractivity contribution in [1.82, 2.24) is 14.9 Å². The number of carbonyl (C=O) groups excluding carboxylic acids is 2. The number of thiophene rings is 1. The molecule has 3 rings (SSSR count). The van der Waals surface area contributed by atoms with Gasteiger partial charge < -0.3 is 10.1 Å². The highest BCUT2D eigenvalue weighted by Gasteiger charge is 2.21. The zero-order chi connectivity index (χ0) is 21.0. The van der Waals surface area contributed by atoms with Gasteiger partial charge in [0.15, 0.2) is 0 Å². The van der Waals surface area contributed by atoms with Crippen LogP contribution in [-0.2, 0) is 22.6 Å². The van der Waals surface area contributed by atoms with Gasteiger partial charge in [0.1, 0.15) is 16.3 Å². The first kappa shape index (κ1) is 20.7. The van der Waals surface area contributed by atoms with Crippen LogP contribution in [-0.4, -0.2) is 28.0 Å². The number of hydrogen-bond acceptors (Lipinski definition) is 6. The molecule has 0 spiro atoms. The summed E-state index contributed by atoms with van der Waals surface area (Å²) in [7, 11) is 0. The molecule has 8 heteroatoms. The molecule has 0 aliphatic heterocycles. The van der Waals surface area contributed by atoms with E-state index < -0.39 is 5.97 Å². The first-order chi connectivity index (χ1) is 13.9. The molecule has 1 aromatic carbocycles. The van der Waals surface area contributed by atoms with E-state index in [0.29, 0.717) is 33.8 Å². The second-order valence-corrected chi connectivity index (χ2v) is 8.17. The second kappa shape index (κ2) is 9.00. The van der Waals surface area contributed by atoms with Crippen LogP contribution >= 0.6 is 11.3 Å². The highest BCUT2D eigenvalue weighted by Crippen LogP contribution is 2.27. The zero-order valence-corrected chi connectivity index (χ0v) is 17.4. The molecule has 0 saturated heterocycles. The van der Waals surface area contributed by atoms with E-state index in [9.17, 15) is 14.4 Å². The lowest BCUT2D eigenvalue weighted by molar-refractivity contribution is -0.121. The van der Waals surface area contributed by atoms with Gasteiger partial charge in [-0.3, -0.25) is 14.2 Å². The fourth-order valence-electron chi connectivity index (χ4n) is 2.78. The van der Waals surface area contributed by atoms with Gasteiger partial charge in [0.25, 0.3) is 5.56 Å². The van der Waals surface area contributed by atoms with Crippen molar-refractivity contribution in [3.05, 3.63) is 63.0 Å². The Labute approximate surface area is 172 Å². The van der Waals surface area contributed by atoms with Crippen LogP contribution in [0.1, 0.15) is 34.6 Å². The van der Waals surface area contributed by atoms with Gasteiger partial charge in [-0.25, -0.2) is 9.78 Å². The average molecular weight is 413 g/mol. The van der Waals surface area contributed by atoms with E-state index >= 15 is 0 Å². The van der Waals surface area contributed by atoms with Crippen LogP contribution in [0.4, 0.5) is 0 Å². The number of carbonyl (C=O) groups is 2. The zero-order valence-electron chi connectivity index (χ0n) is 16.6. The summed E-state index contributed by atoms with van der Waals surface area (Å²) in [5.74, 6) is -0.523. The number of rotatable bonds is 7. The highest BCUT2D eigenvalue weighted by molar-refractivity contribution is 7.20. The summed E-state index contributed by atoms with van der Waals surface area (Å²) in [5.41, 5.74) is 1.16. The Hall–Kier alpha value is -3.00. The molecule has 3 aromatic rings. The molecule has 0 radical (unpaired) electrons. The third kappa shape index (κ3) is 4.89. The number of aryl methyl sites for hydroxylation is 1. The van der Waals surface area contributed by atoms with E-state index in [4.69, 9.17) is 4.74 Å². The third-order valence-electron chi connectivity index (χ3n) is 4.30. The van der Waals surface area contributed by atoms with Crippen LogP contribution in [0.25, 0.3) is 10.2 Å². The number of esters is 1. The third-order valence-corrected chi connectivity index (χ3v) is 5.48. The van der Waals surface area contributed by atoms with E-state index in [2.05, 4.69) is 10.3 Å². The summed E-state index contributed by atoms with van der Waals surface area (Å²) in [6.07, 6.45) is 1.34. The van der Waals surface area contributed by atoms with Crippen LogP contribution in [0.5, 0.6) is 0 Å². The maximum absolute atomic E-state index is 12.9. The van der Waals surface area contributed by atoms with Crippen molar-refractivity contribution in [2.24, 2.45) is 5.92 Å². The fourth-order valence-corrected chi connectivity index (χ4v) is 3.81. The van der Waals surface area contributed by atoms with Gasteiger partial charge in [0.2, 0.25) is 5.91 Å². The Morgan fingerprint density at radius 1 is 1.24 bits per heavy atom. The standard InChI is InChI=1S/C21H23N3O4S/c1-13(2)11-28-21(27)18-14(3)17-19(29-18)23-12-24(20(17)26)10-16(25)22-9-15-7-5-4-6-8-15/h4-8,12-13H,9-11H2,1-3H3,(H,22,25). The quantitative estimate of drug-likeness (QED) is 0.602. The molecule has 1 N–H and O–H groups in total. The molecule has 2 aromatic heterocycles. The van der Waals surface area contributed by atoms with E-state index in [1.165, 1.54) is 10.9 Å². The van der Waals surface area contributed by atoms with Crippen molar-refractivity contribution in [2.75, 3.05) is 6.61 Å². The predicted molar refractivity (Wildman–Crippen MR) is 112 cm³/mol. The van der Waals surface area contributed by atoms with Gasteiger partial charge in [0.05, 0.1) is 18.3 Å².